The van der Waals surface area contributed by atoms with E-state index >= 15 is 0 Å². The van der Waals surface area contributed by atoms with E-state index in [1.807, 2.05) is 6.92 Å². The van der Waals surface area contributed by atoms with Crippen molar-refractivity contribution in [2.75, 3.05) is 32.7 Å². The van der Waals surface area contributed by atoms with Crippen molar-refractivity contribution < 1.29 is 14.0 Å². The molecular formula is C18H38FN7O2. The highest BCUT2D eigenvalue weighted by molar-refractivity contribution is 6.03. The summed E-state index contributed by atoms with van der Waals surface area (Å²) in [7, 11) is 0. The Morgan fingerprint density at radius 2 is 1.43 bits per heavy atom. The van der Waals surface area contributed by atoms with E-state index in [9.17, 15) is 14.0 Å². The van der Waals surface area contributed by atoms with Crippen molar-refractivity contribution in [3.8, 4) is 0 Å². The number of unbranched alkanes of at least 4 members (excludes halogenated alkanes) is 4. The Morgan fingerprint density at radius 3 is 2.00 bits per heavy atom. The predicted molar refractivity (Wildman–Crippen MR) is 110 cm³/mol. The van der Waals surface area contributed by atoms with Gasteiger partial charge in [-0.1, -0.05) is 12.8 Å². The molecule has 0 saturated heterocycles. The normalized spacial score (nSPS) is 12.8. The summed E-state index contributed by atoms with van der Waals surface area (Å²) < 4.78 is 13.8. The maximum atomic E-state index is 13.8. The van der Waals surface area contributed by atoms with Gasteiger partial charge >= 0.3 is 0 Å². The number of carbonyl (C=O) groups excluding carboxylic acids is 2. The van der Waals surface area contributed by atoms with E-state index in [1.165, 1.54) is 0 Å². The third-order valence-corrected chi connectivity index (χ3v) is 3.99. The van der Waals surface area contributed by atoms with Crippen LogP contribution in [0.4, 0.5) is 4.39 Å². The van der Waals surface area contributed by atoms with E-state index in [4.69, 9.17) is 17.2 Å². The lowest BCUT2D eigenvalue weighted by molar-refractivity contribution is -0.136. The third-order valence-electron chi connectivity index (χ3n) is 3.99. The van der Waals surface area contributed by atoms with E-state index in [0.717, 1.165) is 45.2 Å². The summed E-state index contributed by atoms with van der Waals surface area (Å²) in [6.45, 7) is 4.88. The van der Waals surface area contributed by atoms with Crippen molar-refractivity contribution in [1.29, 1.82) is 0 Å². The van der Waals surface area contributed by atoms with E-state index in [-0.39, 0.29) is 12.0 Å². The number of alkyl halides is 1. The van der Waals surface area contributed by atoms with Crippen molar-refractivity contribution in [1.82, 2.24) is 16.0 Å². The minimum absolute atomic E-state index is 0.0772. The zero-order chi connectivity index (χ0) is 21.2. The van der Waals surface area contributed by atoms with Gasteiger partial charge in [-0.25, -0.2) is 4.39 Å². The number of hydrogen-bond acceptors (Lipinski definition) is 5. The van der Waals surface area contributed by atoms with Gasteiger partial charge in [0.15, 0.2) is 5.96 Å². The Morgan fingerprint density at radius 1 is 0.893 bits per heavy atom. The number of amides is 2. The zero-order valence-corrected chi connectivity index (χ0v) is 17.0. The molecule has 0 aliphatic rings. The average molecular weight is 404 g/mol. The highest BCUT2D eigenvalue weighted by Gasteiger charge is 2.24. The average Bonchev–Trinajstić information content (AvgIpc) is 2.64. The second-order valence-electron chi connectivity index (χ2n) is 6.89. The Bertz CT molecular complexity index is 457. The molecule has 0 aliphatic carbocycles. The lowest BCUT2D eigenvalue weighted by Crippen LogP contribution is -2.43. The smallest absolute Gasteiger partial charge is 0.264 e. The number of carbonyl (C=O) groups is 2. The number of nitrogens with one attached hydrogen (secondary N) is 3. The standard InChI is InChI=1S/C18H38FN7O2/c1-14(20)8-13-23-9-6-7-11-25-17(28)15(19)16(27)24-10-4-2-3-5-12-26-18(21)22/h14-15,23H,2-13,20H2,1H3,(H,24,27)(H,25,28)(H4,21,22,26). The summed E-state index contributed by atoms with van der Waals surface area (Å²) in [5, 5.41) is 8.14. The molecule has 0 spiro atoms. The van der Waals surface area contributed by atoms with Crippen molar-refractivity contribution in [3.63, 3.8) is 0 Å². The summed E-state index contributed by atoms with van der Waals surface area (Å²) >= 11 is 0. The summed E-state index contributed by atoms with van der Waals surface area (Å²) in [5.41, 5.74) is 16.1. The number of hydrogen-bond donors (Lipinski definition) is 6. The highest BCUT2D eigenvalue weighted by atomic mass is 19.1. The number of guanidine groups is 1. The quantitative estimate of drug-likeness (QED) is 0.0830. The Hall–Kier alpha value is -1.94. The SMILES string of the molecule is CC(N)CCNCCCCNC(=O)C(F)C(=O)NCCCCCCN=C(N)N. The minimum Gasteiger partial charge on any atom is -0.370 e. The third kappa shape index (κ3) is 16.2. The van der Waals surface area contributed by atoms with Crippen molar-refractivity contribution in [2.24, 2.45) is 22.2 Å². The van der Waals surface area contributed by atoms with E-state index in [0.29, 0.717) is 32.5 Å². The Kier molecular flexibility index (Phi) is 16.0. The van der Waals surface area contributed by atoms with Crippen LogP contribution in [0.1, 0.15) is 51.9 Å². The monoisotopic (exact) mass is 403 g/mol. The molecule has 0 aliphatic heterocycles. The van der Waals surface area contributed by atoms with Gasteiger partial charge in [-0.3, -0.25) is 14.6 Å². The van der Waals surface area contributed by atoms with Crippen LogP contribution in [-0.4, -0.2) is 62.7 Å². The molecule has 0 rings (SSSR count). The van der Waals surface area contributed by atoms with E-state index in [2.05, 4.69) is 20.9 Å². The Labute approximate surface area is 167 Å². The highest BCUT2D eigenvalue weighted by Crippen LogP contribution is 2.00. The second-order valence-corrected chi connectivity index (χ2v) is 6.89. The molecule has 0 radical (unpaired) electrons. The van der Waals surface area contributed by atoms with Gasteiger partial charge in [-0.2, -0.15) is 0 Å². The molecule has 9 N–H and O–H groups in total. The van der Waals surface area contributed by atoms with Crippen molar-refractivity contribution >= 4 is 17.8 Å². The molecule has 10 heteroatoms. The molecule has 28 heavy (non-hydrogen) atoms. The summed E-state index contributed by atoms with van der Waals surface area (Å²) in [4.78, 5) is 27.2. The molecule has 2 unspecified atom stereocenters. The van der Waals surface area contributed by atoms with Crippen LogP contribution in [-0.2, 0) is 9.59 Å². The molecule has 0 aromatic rings. The molecule has 164 valence electrons. The fraction of sp³-hybridized carbons (Fsp3) is 0.833. The first kappa shape index (κ1) is 26.1. The molecule has 0 aromatic heterocycles. The molecular weight excluding hydrogens is 365 g/mol. The Balaban J connectivity index is 3.61. The lowest BCUT2D eigenvalue weighted by atomic mass is 10.2. The van der Waals surface area contributed by atoms with Crippen LogP contribution in [0.15, 0.2) is 4.99 Å². The molecule has 0 fully saturated rings. The van der Waals surface area contributed by atoms with Crippen LogP contribution in [0.25, 0.3) is 0 Å². The first-order valence-corrected chi connectivity index (χ1v) is 10.1. The topological polar surface area (TPSA) is 161 Å². The summed E-state index contributed by atoms with van der Waals surface area (Å²) in [5.74, 6) is -1.71. The molecule has 0 bridgehead atoms. The largest absolute Gasteiger partial charge is 0.370 e. The molecule has 2 amide bonds. The minimum atomic E-state index is -2.17. The van der Waals surface area contributed by atoms with Gasteiger partial charge in [0, 0.05) is 25.7 Å². The van der Waals surface area contributed by atoms with Crippen molar-refractivity contribution in [2.45, 2.75) is 64.1 Å². The van der Waals surface area contributed by atoms with Crippen LogP contribution in [0.5, 0.6) is 0 Å². The molecule has 9 nitrogen and oxygen atoms in total. The van der Waals surface area contributed by atoms with E-state index < -0.39 is 18.0 Å². The predicted octanol–water partition coefficient (Wildman–Crippen LogP) is -0.502. The fourth-order valence-electron chi connectivity index (χ4n) is 2.35. The van der Waals surface area contributed by atoms with Gasteiger partial charge in [-0.15, -0.1) is 0 Å². The van der Waals surface area contributed by atoms with Gasteiger partial charge in [0.1, 0.15) is 0 Å². The number of halogens is 1. The van der Waals surface area contributed by atoms with Crippen LogP contribution in [0.2, 0.25) is 0 Å². The molecule has 0 saturated carbocycles. The molecule has 0 aromatic carbocycles. The number of rotatable bonds is 17. The van der Waals surface area contributed by atoms with Crippen LogP contribution < -0.4 is 33.2 Å². The fourth-order valence-corrected chi connectivity index (χ4v) is 2.35. The number of aliphatic imine (C=N–C) groups is 1. The van der Waals surface area contributed by atoms with E-state index in [1.54, 1.807) is 0 Å². The molecule has 0 heterocycles. The maximum absolute atomic E-state index is 13.8. The van der Waals surface area contributed by atoms with Crippen LogP contribution in [0.3, 0.4) is 0 Å². The summed E-state index contributed by atoms with van der Waals surface area (Å²) in [6, 6.07) is 0.176. The molecule has 2 atom stereocenters. The summed E-state index contributed by atoms with van der Waals surface area (Å²) in [6.07, 6.45) is 3.63. The van der Waals surface area contributed by atoms with Gasteiger partial charge in [0.2, 0.25) is 0 Å². The van der Waals surface area contributed by atoms with Crippen LogP contribution >= 0.6 is 0 Å². The second kappa shape index (κ2) is 17.2. The maximum Gasteiger partial charge on any atom is 0.264 e. The van der Waals surface area contributed by atoms with Crippen molar-refractivity contribution in [3.05, 3.63) is 0 Å². The zero-order valence-electron chi connectivity index (χ0n) is 17.0. The van der Waals surface area contributed by atoms with Gasteiger partial charge in [0.25, 0.3) is 18.0 Å². The van der Waals surface area contributed by atoms with Crippen LogP contribution in [0, 0.1) is 0 Å². The first-order valence-electron chi connectivity index (χ1n) is 10.1. The number of nitrogens with two attached hydrogens (primary N) is 3. The first-order chi connectivity index (χ1) is 13.3. The lowest BCUT2D eigenvalue weighted by Gasteiger charge is -2.11. The van der Waals surface area contributed by atoms with Gasteiger partial charge in [0.05, 0.1) is 0 Å². The number of nitrogens with zero attached hydrogens (tertiary/aromatic N) is 1. The van der Waals surface area contributed by atoms with Gasteiger partial charge < -0.3 is 33.2 Å². The van der Waals surface area contributed by atoms with Gasteiger partial charge in [-0.05, 0) is 52.1 Å².